The zero-order valence-electron chi connectivity index (χ0n) is 54.3. The lowest BCUT2D eigenvalue weighted by molar-refractivity contribution is -0.388. The number of aliphatic hydroxyl groups excluding tert-OH is 15. The van der Waals surface area contributed by atoms with E-state index in [4.69, 9.17) is 56.8 Å². The third-order valence-corrected chi connectivity index (χ3v) is 24.7. The molecule has 15 N–H and O–H groups in total. The van der Waals surface area contributed by atoms with E-state index in [1.54, 1.807) is 0 Å². The maximum atomic E-state index is 15.5. The maximum Gasteiger partial charge on any atom is 0.315 e. The van der Waals surface area contributed by atoms with E-state index in [1.807, 2.05) is 0 Å². The molecule has 28 heteroatoms. The van der Waals surface area contributed by atoms with Gasteiger partial charge in [-0.05, 0) is 130 Å². The molecule has 10 fully saturated rings. The van der Waals surface area contributed by atoms with Crippen LogP contribution in [0.1, 0.15) is 133 Å². The lowest BCUT2D eigenvalue weighted by atomic mass is 9.33. The third kappa shape index (κ3) is 12.1. The Labute approximate surface area is 535 Å². The van der Waals surface area contributed by atoms with Crippen LogP contribution in [0.3, 0.4) is 0 Å². The molecular weight excluding hydrogens is 1220 g/mol. The number of carbonyl (C=O) groups is 1. The van der Waals surface area contributed by atoms with E-state index in [0.29, 0.717) is 38.5 Å². The Morgan fingerprint density at radius 3 is 1.63 bits per heavy atom. The van der Waals surface area contributed by atoms with Crippen molar-refractivity contribution in [3.05, 3.63) is 11.6 Å². The van der Waals surface area contributed by atoms with Crippen LogP contribution in [0.4, 0.5) is 0 Å². The van der Waals surface area contributed by atoms with Gasteiger partial charge < -0.3 is 133 Å². The first kappa shape index (κ1) is 71.5. The molecule has 0 radical (unpaired) electrons. The van der Waals surface area contributed by atoms with Crippen molar-refractivity contribution in [3.63, 3.8) is 0 Å². The number of carbonyl (C=O) groups excluding carboxylic acids is 1. The van der Waals surface area contributed by atoms with Crippen LogP contribution in [0.15, 0.2) is 11.6 Å². The Bertz CT molecular complexity index is 2600. The molecule has 0 aromatic rings. The topological polar surface area (TPSA) is 431 Å². The van der Waals surface area contributed by atoms with Gasteiger partial charge >= 0.3 is 5.97 Å². The predicted octanol–water partition coefficient (Wildman–Crippen LogP) is -2.03. The van der Waals surface area contributed by atoms with Crippen LogP contribution in [-0.4, -0.2) is 281 Å². The number of hydrogen-bond acceptors (Lipinski definition) is 28. The van der Waals surface area contributed by atoms with E-state index in [-0.39, 0.29) is 39.4 Å². The van der Waals surface area contributed by atoms with E-state index in [9.17, 15) is 76.6 Å². The summed E-state index contributed by atoms with van der Waals surface area (Å²) < 4.78 is 72.9. The minimum atomic E-state index is -1.87. The highest BCUT2D eigenvalue weighted by Gasteiger charge is 2.71. The Kier molecular flexibility index (Phi) is 20.5. The van der Waals surface area contributed by atoms with Gasteiger partial charge in [0.05, 0.1) is 49.7 Å². The summed E-state index contributed by atoms with van der Waals surface area (Å²) in [5.74, 6) is -0.568. The van der Waals surface area contributed by atoms with Crippen LogP contribution in [0.25, 0.3) is 0 Å². The van der Waals surface area contributed by atoms with Crippen LogP contribution in [0, 0.1) is 50.2 Å². The zero-order chi connectivity index (χ0) is 67.0. The van der Waals surface area contributed by atoms with Crippen LogP contribution in [0.2, 0.25) is 0 Å². The van der Waals surface area contributed by atoms with Crippen molar-refractivity contribution in [3.8, 4) is 0 Å². The molecule has 5 aliphatic carbocycles. The number of ether oxygens (including phenoxy) is 12. The summed E-state index contributed by atoms with van der Waals surface area (Å²) in [6.07, 6.45) is -34.8. The summed E-state index contributed by atoms with van der Waals surface area (Å²) in [5.41, 5.74) is -1.44. The molecule has 6 aliphatic heterocycles. The lowest BCUT2D eigenvalue weighted by Crippen LogP contribution is -2.67. The van der Waals surface area contributed by atoms with Crippen molar-refractivity contribution in [1.29, 1.82) is 0 Å². The fourth-order valence-electron chi connectivity index (χ4n) is 18.8. The zero-order valence-corrected chi connectivity index (χ0v) is 54.3. The number of aliphatic hydroxyl groups is 15. The summed E-state index contributed by atoms with van der Waals surface area (Å²) in [7, 11) is 0. The molecule has 11 rings (SSSR count). The number of fused-ring (bicyclic) bond motifs is 7. The largest absolute Gasteiger partial charge is 0.432 e. The average molecular weight is 1320 g/mol. The Balaban J connectivity index is 0.802. The van der Waals surface area contributed by atoms with Gasteiger partial charge in [-0.25, -0.2) is 0 Å². The standard InChI is InChI=1S/C64H104O28/c1-25-36(68)40(72)44(76)53(83-25)88-48-27(3)85-55(46(78)42(48)74)91-51-39(71)31(67)24-82-57(51)92-58(80)64-19-17-59(4,5)21-29(64)28-11-12-34-61(8)15-14-35(60(6,7)33(61)13-16-63(34,10)62(28,9)18-20-64)87-56-47(79)50(90-54-45(77)41(73)37(69)26(2)84-54)49(32(22-65)86-56)89-52-43(75)38(70)30(66)23-81-52/h11,25-27,29-57,65-79H,12-24H2,1-10H3/t25-,26-,27?,29-,30+,31+,32+,33?,34?,35-,36-,37-,38-,39-,40+,41+,42-,43+,44+,45+,46+,47+,48-,49+,50+,51+,52-,53-,54-,55-,56-,57-,61-,62+,63+,64-/m0/s1. The fraction of sp³-hybridized carbons (Fsp3) is 0.953. The molecule has 0 bridgehead atoms. The molecule has 4 saturated carbocycles. The van der Waals surface area contributed by atoms with E-state index in [0.717, 1.165) is 25.7 Å². The summed E-state index contributed by atoms with van der Waals surface area (Å²) in [4.78, 5) is 15.5. The van der Waals surface area contributed by atoms with Crippen LogP contribution < -0.4 is 0 Å². The van der Waals surface area contributed by atoms with Crippen molar-refractivity contribution < 1.29 is 138 Å². The molecular formula is C64H104O28. The smallest absolute Gasteiger partial charge is 0.315 e. The number of rotatable bonds is 13. The van der Waals surface area contributed by atoms with Gasteiger partial charge in [-0.2, -0.15) is 0 Å². The minimum absolute atomic E-state index is 0.0712. The number of allylic oxidation sites excluding steroid dienone is 2. The summed E-state index contributed by atoms with van der Waals surface area (Å²) in [6, 6.07) is 0. The number of esters is 1. The fourth-order valence-corrected chi connectivity index (χ4v) is 18.8. The van der Waals surface area contributed by atoms with E-state index in [1.165, 1.54) is 26.3 Å². The van der Waals surface area contributed by atoms with Gasteiger partial charge in [0.1, 0.15) is 110 Å². The molecule has 528 valence electrons. The van der Waals surface area contributed by atoms with Gasteiger partial charge in [0.2, 0.25) is 6.29 Å². The van der Waals surface area contributed by atoms with Crippen molar-refractivity contribution in [2.75, 3.05) is 19.8 Å². The van der Waals surface area contributed by atoms with E-state index >= 15 is 4.79 Å². The van der Waals surface area contributed by atoms with Crippen LogP contribution in [-0.2, 0) is 61.6 Å². The van der Waals surface area contributed by atoms with Crippen molar-refractivity contribution >= 4 is 5.97 Å². The van der Waals surface area contributed by atoms with E-state index < -0.39 is 215 Å². The molecule has 6 heterocycles. The monoisotopic (exact) mass is 1320 g/mol. The highest BCUT2D eigenvalue weighted by molar-refractivity contribution is 5.79. The molecule has 0 aromatic heterocycles. The van der Waals surface area contributed by atoms with Gasteiger partial charge in [0.25, 0.3) is 0 Å². The Hall–Kier alpha value is -1.83. The van der Waals surface area contributed by atoms with Gasteiger partial charge in [-0.1, -0.05) is 60.1 Å². The van der Waals surface area contributed by atoms with Crippen molar-refractivity contribution in [2.24, 2.45) is 50.2 Å². The molecule has 0 amide bonds. The molecule has 0 spiro atoms. The molecule has 3 unspecified atom stereocenters. The highest BCUT2D eigenvalue weighted by atomic mass is 16.8. The minimum Gasteiger partial charge on any atom is -0.432 e. The second-order valence-corrected chi connectivity index (χ2v) is 30.9. The Morgan fingerprint density at radius 1 is 0.489 bits per heavy atom. The molecule has 11 aliphatic rings. The average Bonchev–Trinajstić information content (AvgIpc) is 0.677. The lowest BCUT2D eigenvalue weighted by Gasteiger charge is -2.71. The van der Waals surface area contributed by atoms with E-state index in [2.05, 4.69) is 54.5 Å². The SMILES string of the molecule is CC1O[C@@H](O[C@H]2[C@H](OC(=O)[C@]34CCC(C)(C)C[C@H]3C3=CCC5[C@@]6(C)CC[C@H](O[C@@H]7O[C@H](CO)[C@@H](O[C@@H]8OC[C@@H](O)[C@H](O)[C@H]8O)[C@H](O[C@@H]8O[C@@H](C)[C@H](O)[C@@H](O)[C@H]8O)[C@H]7O)C(C)(C)C6CC[C@@]5(C)[C@]3(C)CC4)OC[C@@H](O)[C@@H]2O)[C@H](O)[C@H](O)[C@H]1O[C@@H]1O[C@@H](C)[C@H](O)[C@@H](O)[C@H]1O. The second-order valence-electron chi connectivity index (χ2n) is 30.9. The Morgan fingerprint density at radius 2 is 1.01 bits per heavy atom. The summed E-state index contributed by atoms with van der Waals surface area (Å²) in [6.45, 7) is 18.7. The van der Waals surface area contributed by atoms with Gasteiger partial charge in [0, 0.05) is 0 Å². The quantitative estimate of drug-likeness (QED) is 0.0537. The molecule has 92 heavy (non-hydrogen) atoms. The van der Waals surface area contributed by atoms with Gasteiger partial charge in [-0.3, -0.25) is 4.79 Å². The van der Waals surface area contributed by atoms with Crippen LogP contribution in [0.5, 0.6) is 0 Å². The molecule has 0 aromatic carbocycles. The predicted molar refractivity (Wildman–Crippen MR) is 312 cm³/mol. The van der Waals surface area contributed by atoms with Crippen molar-refractivity contribution in [2.45, 2.75) is 312 Å². The summed E-state index contributed by atoms with van der Waals surface area (Å²) >= 11 is 0. The second kappa shape index (κ2) is 26.4. The normalized spacial score (nSPS) is 55.2. The highest BCUT2D eigenvalue weighted by Crippen LogP contribution is 2.76. The summed E-state index contributed by atoms with van der Waals surface area (Å²) in [5, 5.41) is 164. The third-order valence-electron chi connectivity index (χ3n) is 24.7. The first-order chi connectivity index (χ1) is 43.0. The molecule has 6 saturated heterocycles. The van der Waals surface area contributed by atoms with Crippen molar-refractivity contribution in [1.82, 2.24) is 0 Å². The van der Waals surface area contributed by atoms with Gasteiger partial charge in [-0.15, -0.1) is 0 Å². The molecule has 28 nitrogen and oxygen atoms in total. The first-order valence-electron chi connectivity index (χ1n) is 33.2. The maximum absolute atomic E-state index is 15.5. The van der Waals surface area contributed by atoms with Gasteiger partial charge in [0.15, 0.2) is 37.6 Å². The first-order valence-corrected chi connectivity index (χ1v) is 33.2. The molecule has 36 atom stereocenters. The van der Waals surface area contributed by atoms with Crippen LogP contribution >= 0.6 is 0 Å². The number of hydrogen-bond donors (Lipinski definition) is 15.